The molecule has 2 aromatic carbocycles. The van der Waals surface area contributed by atoms with Gasteiger partial charge in [-0.1, -0.05) is 0 Å². The Labute approximate surface area is 287 Å². The average Bonchev–Trinajstić information content (AvgIpc) is 2.86. The Bertz CT molecular complexity index is 1350. The summed E-state index contributed by atoms with van der Waals surface area (Å²) < 4.78 is 27.0. The molecule has 0 radical (unpaired) electrons. The maximum Gasteiger partial charge on any atom is 0.414 e. The number of alkyl carbamates (subject to hydrolysis) is 4. The Morgan fingerprint density at radius 1 is 0.429 bits per heavy atom. The van der Waals surface area contributed by atoms with E-state index in [1.165, 1.54) is 0 Å². The van der Waals surface area contributed by atoms with E-state index in [1.54, 1.807) is 132 Å². The van der Waals surface area contributed by atoms with Crippen LogP contribution in [0.5, 0.6) is 11.5 Å². The molecule has 0 saturated heterocycles. The monoisotopic (exact) mass is 684 g/mol. The van der Waals surface area contributed by atoms with Gasteiger partial charge in [0.2, 0.25) is 11.9 Å². The third-order valence-electron chi connectivity index (χ3n) is 4.87. The maximum atomic E-state index is 12.4. The molecule has 0 spiro atoms. The van der Waals surface area contributed by atoms with Crippen molar-refractivity contribution in [1.29, 1.82) is 0 Å². The molecule has 0 atom stereocenters. The molecule has 4 amide bonds. The Kier molecular flexibility index (Phi) is 13.1. The molecular weight excluding hydrogens is 636 g/mol. The normalized spacial score (nSPS) is 11.6. The quantitative estimate of drug-likeness (QED) is 0.143. The zero-order valence-corrected chi connectivity index (χ0v) is 30.2. The fourth-order valence-corrected chi connectivity index (χ4v) is 3.35. The maximum absolute atomic E-state index is 12.4. The van der Waals surface area contributed by atoms with Gasteiger partial charge in [0.15, 0.2) is 0 Å². The minimum Gasteiger partial charge on any atom is -0.457 e. The molecule has 0 aliphatic rings. The van der Waals surface area contributed by atoms with Crippen LogP contribution in [0.1, 0.15) is 83.1 Å². The van der Waals surface area contributed by atoms with Crippen molar-refractivity contribution >= 4 is 47.7 Å². The van der Waals surface area contributed by atoms with Gasteiger partial charge in [0.25, 0.3) is 0 Å². The van der Waals surface area contributed by atoms with Crippen LogP contribution in [0.25, 0.3) is 0 Å². The minimum absolute atomic E-state index is 0.199. The number of rotatable bonds is 4. The van der Waals surface area contributed by atoms with Crippen molar-refractivity contribution in [3.05, 3.63) is 48.5 Å². The standard InChI is InChI=1S/C34H48N6O9/c1-31(2,3)46-27(41)37-25(38-28(42)47-32(4,5)6)35-21-13-17-23(18-14-21)45-24-19-15-22(16-20-24)36-26(39-29(43)48-33(7,8)9)40-30(44)49-34(10,11)12/h13-20H,1-12H3,(H2,35,37,38,41,42)(H2,36,39,40,43,44). The van der Waals surface area contributed by atoms with Crippen LogP contribution in [-0.4, -0.2) is 58.7 Å². The summed E-state index contributed by atoms with van der Waals surface area (Å²) in [6, 6.07) is 13.0. The number of carbonyl (C=O) groups excluding carboxylic acids is 4. The number of benzene rings is 2. The Morgan fingerprint density at radius 3 is 0.857 bits per heavy atom. The van der Waals surface area contributed by atoms with Gasteiger partial charge in [-0.05, 0) is 132 Å². The summed E-state index contributed by atoms with van der Waals surface area (Å²) in [5, 5.41) is 9.71. The number of carbonyl (C=O) groups is 4. The molecule has 4 N–H and O–H groups in total. The molecule has 0 saturated carbocycles. The molecule has 2 rings (SSSR count). The Morgan fingerprint density at radius 2 is 0.653 bits per heavy atom. The highest BCUT2D eigenvalue weighted by atomic mass is 16.6. The molecule has 0 fully saturated rings. The van der Waals surface area contributed by atoms with Gasteiger partial charge in [-0.2, -0.15) is 0 Å². The molecule has 0 aromatic heterocycles. The van der Waals surface area contributed by atoms with E-state index in [0.717, 1.165) is 0 Å². The van der Waals surface area contributed by atoms with E-state index < -0.39 is 46.8 Å². The molecule has 0 aliphatic carbocycles. The van der Waals surface area contributed by atoms with E-state index >= 15 is 0 Å². The van der Waals surface area contributed by atoms with Gasteiger partial charge in [-0.3, -0.25) is 21.3 Å². The fraction of sp³-hybridized carbons (Fsp3) is 0.471. The highest BCUT2D eigenvalue weighted by Crippen LogP contribution is 2.26. The van der Waals surface area contributed by atoms with Gasteiger partial charge in [0, 0.05) is 0 Å². The molecule has 0 aliphatic heterocycles. The lowest BCUT2D eigenvalue weighted by atomic mass is 10.2. The van der Waals surface area contributed by atoms with Crippen LogP contribution in [-0.2, 0) is 18.9 Å². The summed E-state index contributed by atoms with van der Waals surface area (Å²) >= 11 is 0. The van der Waals surface area contributed by atoms with Gasteiger partial charge in [-0.15, -0.1) is 0 Å². The second-order valence-electron chi connectivity index (χ2n) is 14.5. The van der Waals surface area contributed by atoms with Gasteiger partial charge in [-0.25, -0.2) is 29.2 Å². The minimum atomic E-state index is -0.816. The third-order valence-corrected chi connectivity index (χ3v) is 4.87. The van der Waals surface area contributed by atoms with Gasteiger partial charge in [0.05, 0.1) is 11.4 Å². The van der Waals surface area contributed by atoms with Crippen molar-refractivity contribution in [2.45, 2.75) is 105 Å². The van der Waals surface area contributed by atoms with Crippen LogP contribution < -0.4 is 26.0 Å². The van der Waals surface area contributed by atoms with Crippen LogP contribution >= 0.6 is 0 Å². The van der Waals surface area contributed by atoms with E-state index in [4.69, 9.17) is 23.7 Å². The van der Waals surface area contributed by atoms with Gasteiger partial charge in [0.1, 0.15) is 33.9 Å². The van der Waals surface area contributed by atoms with Gasteiger partial charge < -0.3 is 23.7 Å². The largest absolute Gasteiger partial charge is 0.457 e. The van der Waals surface area contributed by atoms with Crippen molar-refractivity contribution in [2.75, 3.05) is 0 Å². The van der Waals surface area contributed by atoms with Crippen LogP contribution in [0.2, 0.25) is 0 Å². The van der Waals surface area contributed by atoms with Crippen LogP contribution in [0.3, 0.4) is 0 Å². The summed E-state index contributed by atoms with van der Waals surface area (Å²) in [7, 11) is 0. The summed E-state index contributed by atoms with van der Waals surface area (Å²) in [6.07, 6.45) is -3.27. The lowest BCUT2D eigenvalue weighted by Crippen LogP contribution is -2.47. The Hall–Kier alpha value is -5.34. The van der Waals surface area contributed by atoms with Crippen LogP contribution in [0.4, 0.5) is 30.6 Å². The summed E-state index contributed by atoms with van der Waals surface area (Å²) in [4.78, 5) is 58.1. The third kappa shape index (κ3) is 18.0. The first-order chi connectivity index (χ1) is 22.3. The predicted octanol–water partition coefficient (Wildman–Crippen LogP) is 7.55. The number of hydrogen-bond donors (Lipinski definition) is 4. The molecule has 0 bridgehead atoms. The SMILES string of the molecule is CC(C)(C)OC(=O)NC(=Nc1ccc(Oc2ccc(N=C(NC(=O)OC(C)(C)C)NC(=O)OC(C)(C)C)cc2)cc1)NC(=O)OC(C)(C)C. The smallest absolute Gasteiger partial charge is 0.414 e. The lowest BCUT2D eigenvalue weighted by molar-refractivity contribution is 0.0521. The summed E-state index contributed by atoms with van der Waals surface area (Å²) in [6.45, 7) is 20.4. The highest BCUT2D eigenvalue weighted by molar-refractivity contribution is 6.03. The number of nitrogens with one attached hydrogen (secondary N) is 4. The van der Waals surface area contributed by atoms with Crippen molar-refractivity contribution in [3.8, 4) is 11.5 Å². The van der Waals surface area contributed by atoms with E-state index in [9.17, 15) is 19.2 Å². The van der Waals surface area contributed by atoms with Crippen molar-refractivity contribution in [2.24, 2.45) is 9.98 Å². The van der Waals surface area contributed by atoms with Gasteiger partial charge >= 0.3 is 24.4 Å². The van der Waals surface area contributed by atoms with E-state index in [1.807, 2.05) is 0 Å². The van der Waals surface area contributed by atoms with Crippen LogP contribution in [0.15, 0.2) is 58.5 Å². The second-order valence-corrected chi connectivity index (χ2v) is 14.5. The number of ether oxygens (including phenoxy) is 5. The Balaban J connectivity index is 2.21. The molecule has 15 heteroatoms. The zero-order valence-electron chi connectivity index (χ0n) is 30.2. The molecule has 268 valence electrons. The summed E-state index contributed by atoms with van der Waals surface area (Å²) in [5.41, 5.74) is -2.35. The highest BCUT2D eigenvalue weighted by Gasteiger charge is 2.23. The number of nitrogens with zero attached hydrogens (tertiary/aromatic N) is 2. The van der Waals surface area contributed by atoms with Crippen molar-refractivity contribution in [1.82, 2.24) is 21.3 Å². The fourth-order valence-electron chi connectivity index (χ4n) is 3.35. The number of amides is 4. The lowest BCUT2D eigenvalue weighted by Gasteiger charge is -2.22. The van der Waals surface area contributed by atoms with E-state index in [2.05, 4.69) is 31.3 Å². The first-order valence-corrected chi connectivity index (χ1v) is 15.4. The molecule has 2 aromatic rings. The molecule has 0 unspecified atom stereocenters. The average molecular weight is 685 g/mol. The van der Waals surface area contributed by atoms with Crippen molar-refractivity contribution < 1.29 is 42.9 Å². The first-order valence-electron chi connectivity index (χ1n) is 15.4. The molecular formula is C34H48N6O9. The summed E-state index contributed by atoms with van der Waals surface area (Å²) in [5.74, 6) is 0.511. The van der Waals surface area contributed by atoms with Crippen LogP contribution in [0, 0.1) is 0 Å². The van der Waals surface area contributed by atoms with Crippen molar-refractivity contribution in [3.63, 3.8) is 0 Å². The molecule has 15 nitrogen and oxygen atoms in total. The van der Waals surface area contributed by atoms with E-state index in [-0.39, 0.29) is 11.9 Å². The molecule has 0 heterocycles. The predicted molar refractivity (Wildman–Crippen MR) is 185 cm³/mol. The number of hydrogen-bond acceptors (Lipinski definition) is 11. The first kappa shape index (κ1) is 39.8. The second kappa shape index (κ2) is 16.2. The number of aliphatic imine (C=N–C) groups is 2. The molecule has 49 heavy (non-hydrogen) atoms. The topological polar surface area (TPSA) is 187 Å². The number of guanidine groups is 2. The van der Waals surface area contributed by atoms with E-state index in [0.29, 0.717) is 22.9 Å². The zero-order chi connectivity index (χ0) is 37.2.